The van der Waals surface area contributed by atoms with Gasteiger partial charge in [-0.2, -0.15) is 0 Å². The molecule has 0 aliphatic heterocycles. The molecule has 0 spiro atoms. The minimum absolute atomic E-state index is 0.277. The zero-order chi connectivity index (χ0) is 24.9. The van der Waals surface area contributed by atoms with Gasteiger partial charge in [0.15, 0.2) is 0 Å². The Morgan fingerprint density at radius 1 is 1.08 bits per heavy atom. The van der Waals surface area contributed by atoms with Gasteiger partial charge < -0.3 is 25.5 Å². The Morgan fingerprint density at radius 3 is 2.44 bits per heavy atom. The second-order valence-corrected chi connectivity index (χ2v) is 12.4. The van der Waals surface area contributed by atoms with E-state index in [9.17, 15) is 14.7 Å². The first-order chi connectivity index (χ1) is 17.3. The fourth-order valence-corrected chi connectivity index (χ4v) is 8.05. The predicted molar refractivity (Wildman–Crippen MR) is 137 cm³/mol. The van der Waals surface area contributed by atoms with Gasteiger partial charge in [-0.15, -0.1) is 0 Å². The van der Waals surface area contributed by atoms with Crippen molar-refractivity contribution in [3.05, 3.63) is 36.0 Å². The third-order valence-corrected chi connectivity index (χ3v) is 9.44. The third kappa shape index (κ3) is 4.51. The van der Waals surface area contributed by atoms with E-state index in [4.69, 9.17) is 4.74 Å². The highest BCUT2D eigenvalue weighted by atomic mass is 16.6. The summed E-state index contributed by atoms with van der Waals surface area (Å²) in [6.07, 6.45) is 11.2. The minimum Gasteiger partial charge on any atom is -0.443 e. The van der Waals surface area contributed by atoms with Gasteiger partial charge in [-0.05, 0) is 87.7 Å². The lowest BCUT2D eigenvalue weighted by Gasteiger charge is -2.55. The van der Waals surface area contributed by atoms with Crippen molar-refractivity contribution in [2.45, 2.75) is 101 Å². The number of para-hydroxylation sites is 1. The number of carbonyl (C=O) groups is 2. The van der Waals surface area contributed by atoms with Crippen LogP contribution in [0.5, 0.6) is 0 Å². The first-order valence-electron chi connectivity index (χ1n) is 13.9. The number of benzene rings is 1. The molecule has 3 unspecified atom stereocenters. The van der Waals surface area contributed by atoms with Crippen molar-refractivity contribution in [3.63, 3.8) is 0 Å². The van der Waals surface area contributed by atoms with Crippen LogP contribution in [0.2, 0.25) is 0 Å². The van der Waals surface area contributed by atoms with Crippen LogP contribution in [-0.2, 0) is 16.0 Å². The van der Waals surface area contributed by atoms with Crippen molar-refractivity contribution in [3.8, 4) is 0 Å². The number of aliphatic hydroxyl groups is 1. The van der Waals surface area contributed by atoms with Gasteiger partial charge in [-0.25, -0.2) is 4.79 Å². The molecule has 7 nitrogen and oxygen atoms in total. The Labute approximate surface area is 212 Å². The van der Waals surface area contributed by atoms with Crippen LogP contribution >= 0.6 is 0 Å². The van der Waals surface area contributed by atoms with E-state index in [2.05, 4.69) is 15.6 Å². The molecule has 3 atom stereocenters. The van der Waals surface area contributed by atoms with E-state index in [0.29, 0.717) is 30.6 Å². The number of aliphatic hydroxyl groups excluding tert-OH is 1. The number of fused-ring (bicyclic) bond motifs is 1. The molecular weight excluding hydrogens is 454 g/mol. The summed E-state index contributed by atoms with van der Waals surface area (Å²) in [4.78, 5) is 30.4. The molecule has 5 aliphatic carbocycles. The highest BCUT2D eigenvalue weighted by Crippen LogP contribution is 2.57. The van der Waals surface area contributed by atoms with Crippen LogP contribution in [0.3, 0.4) is 0 Å². The van der Waals surface area contributed by atoms with Crippen LogP contribution in [-0.4, -0.2) is 45.4 Å². The average Bonchev–Trinajstić information content (AvgIpc) is 3.21. The van der Waals surface area contributed by atoms with Crippen LogP contribution in [0.4, 0.5) is 4.79 Å². The number of hydrogen-bond acceptors (Lipinski definition) is 4. The van der Waals surface area contributed by atoms with Crippen molar-refractivity contribution < 1.29 is 19.4 Å². The molecule has 5 aliphatic rings. The summed E-state index contributed by atoms with van der Waals surface area (Å²) < 4.78 is 6.23. The fraction of sp³-hybridized carbons (Fsp3) is 0.655. The molecule has 5 fully saturated rings. The molecule has 4 bridgehead atoms. The molecule has 1 aromatic heterocycles. The Morgan fingerprint density at radius 2 is 1.75 bits per heavy atom. The maximum absolute atomic E-state index is 13.7. The Balaban J connectivity index is 1.23. The Hall–Kier alpha value is -2.54. The summed E-state index contributed by atoms with van der Waals surface area (Å²) in [5.74, 6) is 1.72. The van der Waals surface area contributed by atoms with Crippen LogP contribution in [0.1, 0.15) is 76.7 Å². The van der Waals surface area contributed by atoms with E-state index in [1.165, 1.54) is 19.3 Å². The van der Waals surface area contributed by atoms with Crippen LogP contribution in [0.25, 0.3) is 10.9 Å². The second kappa shape index (κ2) is 9.09. The number of ether oxygens (including phenoxy) is 1. The third-order valence-electron chi connectivity index (χ3n) is 9.44. The number of amides is 2. The van der Waals surface area contributed by atoms with Crippen LogP contribution < -0.4 is 10.6 Å². The zero-order valence-corrected chi connectivity index (χ0v) is 21.2. The number of aromatic amines is 1. The number of H-pyrrole nitrogens is 1. The molecule has 0 radical (unpaired) electrons. The summed E-state index contributed by atoms with van der Waals surface area (Å²) in [5.41, 5.74) is 0.356. The van der Waals surface area contributed by atoms with Crippen molar-refractivity contribution >= 4 is 22.9 Å². The van der Waals surface area contributed by atoms with E-state index in [1.807, 2.05) is 30.5 Å². The molecule has 2 amide bonds. The van der Waals surface area contributed by atoms with Gasteiger partial charge >= 0.3 is 6.09 Å². The van der Waals surface area contributed by atoms with Gasteiger partial charge in [-0.3, -0.25) is 4.79 Å². The quantitative estimate of drug-likeness (QED) is 0.473. The smallest absolute Gasteiger partial charge is 0.408 e. The molecule has 194 valence electrons. The number of aromatic nitrogens is 1. The first kappa shape index (κ1) is 23.8. The first-order valence-corrected chi connectivity index (χ1v) is 13.9. The van der Waals surface area contributed by atoms with Gasteiger partial charge in [0.1, 0.15) is 11.1 Å². The highest BCUT2D eigenvalue weighted by Gasteiger charge is 2.53. The van der Waals surface area contributed by atoms with Gasteiger partial charge in [0.25, 0.3) is 0 Å². The van der Waals surface area contributed by atoms with E-state index in [0.717, 1.165) is 55.0 Å². The second-order valence-electron chi connectivity index (χ2n) is 12.4. The Kier molecular flexibility index (Phi) is 6.02. The number of carbonyl (C=O) groups excluding carboxylic acids is 2. The monoisotopic (exact) mass is 493 g/mol. The summed E-state index contributed by atoms with van der Waals surface area (Å²) in [6.45, 7) is 1.78. The van der Waals surface area contributed by atoms with Crippen molar-refractivity contribution in [2.75, 3.05) is 0 Å². The largest absolute Gasteiger partial charge is 0.443 e. The SMILES string of the molecule is CC(Cc1c[nH]c2ccccc12)(NC(=O)OC12CC3CC(CC(C3)C1)C2)C(=O)NC1CCCCC1O. The Bertz CT molecular complexity index is 1110. The molecule has 2 aromatic rings. The summed E-state index contributed by atoms with van der Waals surface area (Å²) in [7, 11) is 0. The zero-order valence-electron chi connectivity index (χ0n) is 21.2. The lowest BCUT2D eigenvalue weighted by atomic mass is 9.54. The van der Waals surface area contributed by atoms with Crippen molar-refractivity contribution in [1.82, 2.24) is 15.6 Å². The number of hydrogen-bond donors (Lipinski definition) is 4. The lowest BCUT2D eigenvalue weighted by molar-refractivity contribution is -0.135. The maximum Gasteiger partial charge on any atom is 0.408 e. The van der Waals surface area contributed by atoms with Crippen molar-refractivity contribution in [1.29, 1.82) is 0 Å². The van der Waals surface area contributed by atoms with E-state index in [1.54, 1.807) is 6.92 Å². The molecule has 0 saturated heterocycles. The summed E-state index contributed by atoms with van der Waals surface area (Å²) >= 11 is 0. The van der Waals surface area contributed by atoms with Crippen LogP contribution in [0.15, 0.2) is 30.5 Å². The standard InChI is InChI=1S/C29H39N3O4/c1-28(26(34)31-24-8-4-5-9-25(24)33,16-21-17-30-23-7-3-2-6-22(21)23)32-27(35)36-29-13-18-10-19(14-29)12-20(11-18)15-29/h2-3,6-7,17-20,24-25,30,33H,4-5,8-16H2,1H3,(H,31,34)(H,32,35). The van der Waals surface area contributed by atoms with E-state index < -0.39 is 17.7 Å². The van der Waals surface area contributed by atoms with Gasteiger partial charge in [0.2, 0.25) is 5.91 Å². The van der Waals surface area contributed by atoms with Gasteiger partial charge in [-0.1, -0.05) is 31.0 Å². The van der Waals surface area contributed by atoms with E-state index >= 15 is 0 Å². The molecule has 7 heteroatoms. The molecule has 1 aromatic carbocycles. The molecular formula is C29H39N3O4. The van der Waals surface area contributed by atoms with Crippen molar-refractivity contribution in [2.24, 2.45) is 17.8 Å². The number of alkyl carbamates (subject to hydrolysis) is 1. The minimum atomic E-state index is -1.22. The normalized spacial score (nSPS) is 34.8. The topological polar surface area (TPSA) is 103 Å². The lowest BCUT2D eigenvalue weighted by Crippen LogP contribution is -2.62. The van der Waals surface area contributed by atoms with Gasteiger partial charge in [0, 0.05) is 23.5 Å². The maximum atomic E-state index is 13.7. The highest BCUT2D eigenvalue weighted by molar-refractivity contribution is 5.91. The fourth-order valence-electron chi connectivity index (χ4n) is 8.05. The molecule has 1 heterocycles. The van der Waals surface area contributed by atoms with E-state index in [-0.39, 0.29) is 17.6 Å². The van der Waals surface area contributed by atoms with Gasteiger partial charge in [0.05, 0.1) is 12.1 Å². The molecule has 7 rings (SSSR count). The van der Waals surface area contributed by atoms with Crippen LogP contribution in [0, 0.1) is 17.8 Å². The summed E-state index contributed by atoms with van der Waals surface area (Å²) in [5, 5.41) is 17.6. The number of rotatable bonds is 6. The predicted octanol–water partition coefficient (Wildman–Crippen LogP) is 4.58. The average molecular weight is 494 g/mol. The molecule has 5 saturated carbocycles. The summed E-state index contributed by atoms with van der Waals surface area (Å²) in [6, 6.07) is 7.68. The number of nitrogens with one attached hydrogen (secondary N) is 3. The molecule has 4 N–H and O–H groups in total. The molecule has 36 heavy (non-hydrogen) atoms.